The molecule has 3 rings (SSSR count). The molecule has 0 fully saturated rings. The molecule has 0 bridgehead atoms. The molecule has 0 heterocycles. The fourth-order valence-electron chi connectivity index (χ4n) is 2.15. The molecule has 1 aliphatic rings. The largest absolute Gasteiger partial charge is 0.396 e. The van der Waals surface area contributed by atoms with E-state index in [9.17, 15) is 0 Å². The number of aliphatic hydroxyl groups is 1. The summed E-state index contributed by atoms with van der Waals surface area (Å²) < 4.78 is 0. The minimum absolute atomic E-state index is 0. The van der Waals surface area contributed by atoms with E-state index in [-0.39, 0.29) is 58.6 Å². The van der Waals surface area contributed by atoms with Crippen molar-refractivity contribution in [3.63, 3.8) is 0 Å². The van der Waals surface area contributed by atoms with Gasteiger partial charge in [-0.3, -0.25) is 0 Å². The van der Waals surface area contributed by atoms with Crippen molar-refractivity contribution in [2.75, 3.05) is 6.61 Å². The Bertz CT molecular complexity index is 715. The van der Waals surface area contributed by atoms with Crippen LogP contribution in [0.2, 0.25) is 0 Å². The Labute approximate surface area is 179 Å². The molecule has 0 aliphatic heterocycles. The molecule has 2 aromatic rings. The number of rotatable bonds is 1. The number of hydrogen-bond acceptors (Lipinski definition) is 1. The van der Waals surface area contributed by atoms with Crippen molar-refractivity contribution in [3.05, 3.63) is 65.8 Å². The molecule has 1 aliphatic carbocycles. The zero-order valence-corrected chi connectivity index (χ0v) is 18.5. The van der Waals surface area contributed by atoms with E-state index in [1.54, 1.807) is 0 Å². The van der Waals surface area contributed by atoms with Crippen molar-refractivity contribution in [3.8, 4) is 0 Å². The van der Waals surface area contributed by atoms with Gasteiger partial charge in [-0.25, -0.2) is 0 Å². The number of allylic oxidation sites excluding steroid dienone is 4. The summed E-state index contributed by atoms with van der Waals surface area (Å²) in [5, 5.41) is 10.9. The van der Waals surface area contributed by atoms with Gasteiger partial charge in [0, 0.05) is 28.3 Å². The molecule has 0 radical (unpaired) electrons. The molecule has 0 amide bonds. The third kappa shape index (κ3) is 8.57. The monoisotopic (exact) mass is 413 g/mol. The maximum atomic E-state index is 8.40. The van der Waals surface area contributed by atoms with Crippen molar-refractivity contribution >= 4 is 41.2 Å². The van der Waals surface area contributed by atoms with Crippen molar-refractivity contribution < 1.29 is 26.8 Å². The SMILES string of the molecule is CC(C)(C)CO.CC1=CCC(c2[c-]c3ccccc3cc2)=C1.Cl.Cl.[Ti]. The maximum Gasteiger partial charge on any atom is 0.0479 e. The molecule has 0 spiro atoms. The second-order valence-electron chi connectivity index (χ2n) is 7.00. The van der Waals surface area contributed by atoms with Crippen molar-refractivity contribution in [1.82, 2.24) is 0 Å². The summed E-state index contributed by atoms with van der Waals surface area (Å²) in [4.78, 5) is 0. The summed E-state index contributed by atoms with van der Waals surface area (Å²) in [5.74, 6) is 0. The molecule has 1 N–H and O–H groups in total. The molecular formula is C21H27Cl2OTi-. The van der Waals surface area contributed by atoms with E-state index in [0.717, 1.165) is 6.42 Å². The molecule has 0 saturated heterocycles. The summed E-state index contributed by atoms with van der Waals surface area (Å²) in [6.07, 6.45) is 5.56. The Balaban J connectivity index is 0. The van der Waals surface area contributed by atoms with Gasteiger partial charge in [0.15, 0.2) is 0 Å². The van der Waals surface area contributed by atoms with Gasteiger partial charge >= 0.3 is 0 Å². The molecule has 0 atom stereocenters. The van der Waals surface area contributed by atoms with Crippen molar-refractivity contribution in [2.45, 2.75) is 34.1 Å². The van der Waals surface area contributed by atoms with Gasteiger partial charge in [-0.2, -0.15) is 0 Å². The van der Waals surface area contributed by atoms with Crippen LogP contribution in [0.4, 0.5) is 0 Å². The number of halogens is 2. The first kappa shape index (κ1) is 26.7. The molecule has 136 valence electrons. The van der Waals surface area contributed by atoms with Crippen LogP contribution in [0.25, 0.3) is 16.3 Å². The fraction of sp³-hybridized carbons (Fsp3) is 0.333. The van der Waals surface area contributed by atoms with Crippen LogP contribution < -0.4 is 0 Å². The summed E-state index contributed by atoms with van der Waals surface area (Å²) in [7, 11) is 0. The van der Waals surface area contributed by atoms with Gasteiger partial charge < -0.3 is 5.11 Å². The fourth-order valence-corrected chi connectivity index (χ4v) is 2.15. The third-order valence-corrected chi connectivity index (χ3v) is 3.53. The van der Waals surface area contributed by atoms with E-state index in [1.807, 2.05) is 20.8 Å². The first-order chi connectivity index (χ1) is 10.4. The predicted octanol–water partition coefficient (Wildman–Crippen LogP) is 6.24. The minimum atomic E-state index is 0. The Morgan fingerprint density at radius 3 is 2.16 bits per heavy atom. The van der Waals surface area contributed by atoms with Crippen molar-refractivity contribution in [1.29, 1.82) is 0 Å². The summed E-state index contributed by atoms with van der Waals surface area (Å²) in [6.45, 7) is 8.40. The molecule has 4 heteroatoms. The first-order valence-electron chi connectivity index (χ1n) is 7.79. The summed E-state index contributed by atoms with van der Waals surface area (Å²) in [6, 6.07) is 16.2. The van der Waals surface area contributed by atoms with E-state index in [0.29, 0.717) is 0 Å². The van der Waals surface area contributed by atoms with Crippen LogP contribution in [0.5, 0.6) is 0 Å². The van der Waals surface area contributed by atoms with Gasteiger partial charge in [0.05, 0.1) is 0 Å². The van der Waals surface area contributed by atoms with E-state index in [2.05, 4.69) is 61.5 Å². The predicted molar refractivity (Wildman–Crippen MR) is 110 cm³/mol. The molecule has 0 saturated carbocycles. The number of fused-ring (bicyclic) bond motifs is 1. The molecule has 2 aromatic carbocycles. The van der Waals surface area contributed by atoms with Crippen LogP contribution in [0.1, 0.15) is 39.7 Å². The van der Waals surface area contributed by atoms with Gasteiger partial charge in [0.2, 0.25) is 0 Å². The Morgan fingerprint density at radius 1 is 1.04 bits per heavy atom. The van der Waals surface area contributed by atoms with Crippen LogP contribution in [0.15, 0.2) is 54.1 Å². The second kappa shape index (κ2) is 11.9. The van der Waals surface area contributed by atoms with Gasteiger partial charge in [-0.1, -0.05) is 62.1 Å². The Hall–Kier alpha value is -0.566. The normalized spacial score (nSPS) is 12.5. The third-order valence-electron chi connectivity index (χ3n) is 3.53. The number of benzene rings is 2. The number of hydrogen-bond donors (Lipinski definition) is 1. The maximum absolute atomic E-state index is 8.40. The van der Waals surface area contributed by atoms with E-state index < -0.39 is 0 Å². The van der Waals surface area contributed by atoms with Crippen molar-refractivity contribution in [2.24, 2.45) is 5.41 Å². The van der Waals surface area contributed by atoms with Gasteiger partial charge in [0.1, 0.15) is 0 Å². The molecule has 25 heavy (non-hydrogen) atoms. The smallest absolute Gasteiger partial charge is 0.0479 e. The van der Waals surface area contributed by atoms with Crippen LogP contribution in [0.3, 0.4) is 0 Å². The molecule has 0 unspecified atom stereocenters. The Kier molecular flexibility index (Phi) is 12.7. The van der Waals surface area contributed by atoms with E-state index in [1.165, 1.54) is 27.5 Å². The quantitative estimate of drug-likeness (QED) is 0.433. The van der Waals surface area contributed by atoms with Crippen LogP contribution in [-0.4, -0.2) is 11.7 Å². The molecule has 1 nitrogen and oxygen atoms in total. The van der Waals surface area contributed by atoms with Gasteiger partial charge in [-0.05, 0) is 18.8 Å². The first-order valence-corrected chi connectivity index (χ1v) is 7.79. The minimum Gasteiger partial charge on any atom is -0.396 e. The summed E-state index contributed by atoms with van der Waals surface area (Å²) in [5.41, 5.74) is 4.06. The van der Waals surface area contributed by atoms with Crippen LogP contribution in [-0.2, 0) is 21.7 Å². The average Bonchev–Trinajstić information content (AvgIpc) is 2.93. The van der Waals surface area contributed by atoms with Gasteiger partial charge in [-0.15, -0.1) is 65.6 Å². The van der Waals surface area contributed by atoms with Crippen LogP contribution in [0, 0.1) is 11.5 Å². The summed E-state index contributed by atoms with van der Waals surface area (Å²) >= 11 is 0. The average molecular weight is 414 g/mol. The standard InChI is InChI=1S/C16H13.C5H12O.2ClH.Ti/c1-12-6-7-15(10-12)16-9-8-13-4-2-3-5-14(13)11-16;1-5(2,3)4-6;;;/h2-6,8-10H,7H2,1H3;6H,4H2,1-3H3;2*1H;/q-1;;;;. The van der Waals surface area contributed by atoms with Crippen LogP contribution >= 0.6 is 24.8 Å². The topological polar surface area (TPSA) is 20.2 Å². The van der Waals surface area contributed by atoms with Gasteiger partial charge in [0.25, 0.3) is 0 Å². The zero-order chi connectivity index (χ0) is 16.2. The zero-order valence-electron chi connectivity index (χ0n) is 15.3. The second-order valence-corrected chi connectivity index (χ2v) is 7.00. The number of aliphatic hydroxyl groups excluding tert-OH is 1. The van der Waals surface area contributed by atoms with E-state index in [4.69, 9.17) is 5.11 Å². The van der Waals surface area contributed by atoms with E-state index >= 15 is 0 Å². The Morgan fingerprint density at radius 2 is 1.64 bits per heavy atom. The molecular weight excluding hydrogens is 387 g/mol. The molecule has 0 aromatic heterocycles.